The number of aromatic nitrogens is 2. The first-order valence-corrected chi connectivity index (χ1v) is 4.49. The van der Waals surface area contributed by atoms with Crippen molar-refractivity contribution in [3.63, 3.8) is 0 Å². The molecule has 74 valence electrons. The van der Waals surface area contributed by atoms with Gasteiger partial charge in [-0.15, -0.1) is 0 Å². The molecule has 0 spiro atoms. The summed E-state index contributed by atoms with van der Waals surface area (Å²) in [5.74, 6) is 1.00. The topological polar surface area (TPSA) is 64.1 Å². The SMILES string of the molecule is CCc1nccn1CC(C)(N)CO. The summed E-state index contributed by atoms with van der Waals surface area (Å²) in [6.45, 7) is 4.46. The molecule has 0 aromatic carbocycles. The van der Waals surface area contributed by atoms with E-state index in [-0.39, 0.29) is 6.61 Å². The molecule has 1 rings (SSSR count). The molecule has 1 heterocycles. The van der Waals surface area contributed by atoms with Crippen LogP contribution in [0.3, 0.4) is 0 Å². The van der Waals surface area contributed by atoms with Crippen LogP contribution in [0.15, 0.2) is 12.4 Å². The molecule has 1 aromatic rings. The van der Waals surface area contributed by atoms with Crippen molar-refractivity contribution in [3.8, 4) is 0 Å². The Morgan fingerprint density at radius 1 is 1.69 bits per heavy atom. The van der Waals surface area contributed by atoms with Crippen LogP contribution >= 0.6 is 0 Å². The third-order valence-electron chi connectivity index (χ3n) is 2.01. The molecule has 0 bridgehead atoms. The minimum atomic E-state index is -0.565. The van der Waals surface area contributed by atoms with E-state index >= 15 is 0 Å². The second kappa shape index (κ2) is 3.89. The van der Waals surface area contributed by atoms with Crippen molar-refractivity contribution in [2.45, 2.75) is 32.4 Å². The zero-order valence-electron chi connectivity index (χ0n) is 8.20. The minimum Gasteiger partial charge on any atom is -0.394 e. The second-order valence-corrected chi connectivity index (χ2v) is 3.64. The van der Waals surface area contributed by atoms with Gasteiger partial charge in [0, 0.05) is 25.4 Å². The van der Waals surface area contributed by atoms with E-state index < -0.39 is 5.54 Å². The number of aryl methyl sites for hydroxylation is 1. The summed E-state index contributed by atoms with van der Waals surface area (Å²) >= 11 is 0. The van der Waals surface area contributed by atoms with Crippen LogP contribution in [0.5, 0.6) is 0 Å². The Kier molecular flexibility index (Phi) is 3.06. The number of nitrogens with two attached hydrogens (primary N) is 1. The summed E-state index contributed by atoms with van der Waals surface area (Å²) in [6.07, 6.45) is 4.53. The zero-order valence-corrected chi connectivity index (χ0v) is 8.20. The molecule has 0 aliphatic heterocycles. The number of imidazole rings is 1. The second-order valence-electron chi connectivity index (χ2n) is 3.64. The predicted molar refractivity (Wildman–Crippen MR) is 51.3 cm³/mol. The van der Waals surface area contributed by atoms with E-state index in [4.69, 9.17) is 10.8 Å². The van der Waals surface area contributed by atoms with Gasteiger partial charge in [0.15, 0.2) is 0 Å². The van der Waals surface area contributed by atoms with Crippen LogP contribution in [0.4, 0.5) is 0 Å². The number of aliphatic hydroxyl groups is 1. The van der Waals surface area contributed by atoms with Gasteiger partial charge in [0.1, 0.15) is 5.82 Å². The highest BCUT2D eigenvalue weighted by Gasteiger charge is 2.18. The maximum absolute atomic E-state index is 9.00. The molecule has 1 atom stereocenters. The normalized spacial score (nSPS) is 15.7. The Balaban J connectivity index is 2.73. The van der Waals surface area contributed by atoms with Crippen molar-refractivity contribution < 1.29 is 5.11 Å². The van der Waals surface area contributed by atoms with Gasteiger partial charge in [-0.1, -0.05) is 6.92 Å². The first-order chi connectivity index (χ1) is 6.09. The zero-order chi connectivity index (χ0) is 9.90. The molecule has 0 aliphatic carbocycles. The summed E-state index contributed by atoms with van der Waals surface area (Å²) in [7, 11) is 0. The Bertz CT molecular complexity index is 268. The molecule has 0 aliphatic rings. The lowest BCUT2D eigenvalue weighted by atomic mass is 10.1. The van der Waals surface area contributed by atoms with Gasteiger partial charge in [-0.3, -0.25) is 0 Å². The highest BCUT2D eigenvalue weighted by atomic mass is 16.3. The molecular weight excluding hydrogens is 166 g/mol. The van der Waals surface area contributed by atoms with Crippen LogP contribution in [-0.4, -0.2) is 26.8 Å². The molecule has 1 unspecified atom stereocenters. The third kappa shape index (κ3) is 2.54. The minimum absolute atomic E-state index is 0.0195. The summed E-state index contributed by atoms with van der Waals surface area (Å²) in [5.41, 5.74) is 5.27. The average Bonchev–Trinajstić information content (AvgIpc) is 2.51. The van der Waals surface area contributed by atoms with Gasteiger partial charge in [-0.05, 0) is 6.92 Å². The van der Waals surface area contributed by atoms with Gasteiger partial charge in [0.2, 0.25) is 0 Å². The average molecular weight is 183 g/mol. The van der Waals surface area contributed by atoms with Crippen LogP contribution < -0.4 is 5.73 Å². The lowest BCUT2D eigenvalue weighted by Gasteiger charge is -2.23. The maximum Gasteiger partial charge on any atom is 0.108 e. The first kappa shape index (κ1) is 10.2. The number of aliphatic hydroxyl groups excluding tert-OH is 1. The van der Waals surface area contributed by atoms with E-state index in [0.29, 0.717) is 6.54 Å². The van der Waals surface area contributed by atoms with E-state index in [0.717, 1.165) is 12.2 Å². The summed E-state index contributed by atoms with van der Waals surface area (Å²) in [4.78, 5) is 4.18. The van der Waals surface area contributed by atoms with E-state index in [2.05, 4.69) is 4.98 Å². The number of rotatable bonds is 4. The smallest absolute Gasteiger partial charge is 0.108 e. The largest absolute Gasteiger partial charge is 0.394 e. The fourth-order valence-electron chi connectivity index (χ4n) is 1.24. The summed E-state index contributed by atoms with van der Waals surface area (Å²) in [5, 5.41) is 9.00. The molecule has 4 heteroatoms. The van der Waals surface area contributed by atoms with Crippen molar-refractivity contribution in [1.29, 1.82) is 0 Å². The molecule has 4 nitrogen and oxygen atoms in total. The predicted octanol–water partition coefficient (Wildman–Crippen LogP) is 0.155. The molecule has 0 radical (unpaired) electrons. The Morgan fingerprint density at radius 2 is 2.38 bits per heavy atom. The van der Waals surface area contributed by atoms with Crippen LogP contribution in [-0.2, 0) is 13.0 Å². The van der Waals surface area contributed by atoms with Crippen molar-refractivity contribution in [2.24, 2.45) is 5.73 Å². The number of hydrogen-bond donors (Lipinski definition) is 2. The Hall–Kier alpha value is -0.870. The van der Waals surface area contributed by atoms with Crippen LogP contribution in [0.25, 0.3) is 0 Å². The van der Waals surface area contributed by atoms with Crippen LogP contribution in [0.1, 0.15) is 19.7 Å². The van der Waals surface area contributed by atoms with Gasteiger partial charge in [-0.25, -0.2) is 4.98 Å². The number of hydrogen-bond acceptors (Lipinski definition) is 3. The molecule has 0 saturated carbocycles. The fourth-order valence-corrected chi connectivity index (χ4v) is 1.24. The van der Waals surface area contributed by atoms with Crippen LogP contribution in [0, 0.1) is 0 Å². The van der Waals surface area contributed by atoms with Crippen molar-refractivity contribution in [2.75, 3.05) is 6.61 Å². The third-order valence-corrected chi connectivity index (χ3v) is 2.01. The van der Waals surface area contributed by atoms with E-state index in [9.17, 15) is 0 Å². The molecule has 1 aromatic heterocycles. The molecule has 0 amide bonds. The fraction of sp³-hybridized carbons (Fsp3) is 0.667. The first-order valence-electron chi connectivity index (χ1n) is 4.49. The lowest BCUT2D eigenvalue weighted by Crippen LogP contribution is -2.44. The van der Waals surface area contributed by atoms with Gasteiger partial charge in [0.05, 0.1) is 12.1 Å². The summed E-state index contributed by atoms with van der Waals surface area (Å²) < 4.78 is 1.98. The summed E-state index contributed by atoms with van der Waals surface area (Å²) in [6, 6.07) is 0. The van der Waals surface area contributed by atoms with E-state index in [1.54, 1.807) is 6.20 Å². The van der Waals surface area contributed by atoms with E-state index in [1.807, 2.05) is 24.6 Å². The number of nitrogens with zero attached hydrogens (tertiary/aromatic N) is 2. The highest BCUT2D eigenvalue weighted by Crippen LogP contribution is 2.06. The quantitative estimate of drug-likeness (QED) is 0.698. The van der Waals surface area contributed by atoms with E-state index in [1.165, 1.54) is 0 Å². The Morgan fingerprint density at radius 3 is 2.92 bits per heavy atom. The molecular formula is C9H17N3O. The Labute approximate surface area is 78.4 Å². The van der Waals surface area contributed by atoms with Gasteiger partial charge >= 0.3 is 0 Å². The standard InChI is InChI=1S/C9H17N3O/c1-3-8-11-4-5-12(8)6-9(2,10)7-13/h4-5,13H,3,6-7,10H2,1-2H3. The lowest BCUT2D eigenvalue weighted by molar-refractivity contribution is 0.191. The van der Waals surface area contributed by atoms with Gasteiger partial charge in [-0.2, -0.15) is 0 Å². The van der Waals surface area contributed by atoms with Crippen molar-refractivity contribution in [3.05, 3.63) is 18.2 Å². The maximum atomic E-state index is 9.00. The molecule has 0 fully saturated rings. The molecule has 3 N–H and O–H groups in total. The van der Waals surface area contributed by atoms with Crippen molar-refractivity contribution >= 4 is 0 Å². The monoisotopic (exact) mass is 183 g/mol. The molecule has 0 saturated heterocycles. The molecule has 13 heavy (non-hydrogen) atoms. The van der Waals surface area contributed by atoms with Gasteiger partial charge in [0.25, 0.3) is 0 Å². The van der Waals surface area contributed by atoms with Crippen molar-refractivity contribution in [1.82, 2.24) is 9.55 Å². The highest BCUT2D eigenvalue weighted by molar-refractivity contribution is 4.94. The van der Waals surface area contributed by atoms with Crippen LogP contribution in [0.2, 0.25) is 0 Å². The van der Waals surface area contributed by atoms with Gasteiger partial charge < -0.3 is 15.4 Å².